The third kappa shape index (κ3) is 2.35. The number of phenols is 1. The second-order valence-corrected chi connectivity index (χ2v) is 6.17. The van der Waals surface area contributed by atoms with E-state index in [1.807, 2.05) is 36.4 Å². The van der Waals surface area contributed by atoms with Gasteiger partial charge in [-0.05, 0) is 64.6 Å². The van der Waals surface area contributed by atoms with Crippen LogP contribution < -0.4 is 9.64 Å². The van der Waals surface area contributed by atoms with Crippen molar-refractivity contribution in [1.29, 1.82) is 0 Å². The average Bonchev–Trinajstić information content (AvgIpc) is 2.54. The molecule has 2 aromatic rings. The summed E-state index contributed by atoms with van der Waals surface area (Å²) in [4.78, 5) is 13.9. The summed E-state index contributed by atoms with van der Waals surface area (Å²) >= 11 is 2.07. The number of amides is 1. The molecule has 1 aliphatic rings. The summed E-state index contributed by atoms with van der Waals surface area (Å²) in [7, 11) is 1.60. The molecule has 4 nitrogen and oxygen atoms in total. The molecular formula is C17H14INO3. The minimum Gasteiger partial charge on any atom is -0.507 e. The first-order valence-corrected chi connectivity index (χ1v) is 7.75. The molecule has 2 aromatic carbocycles. The lowest BCUT2D eigenvalue weighted by Crippen LogP contribution is -2.48. The Morgan fingerprint density at radius 3 is 2.50 bits per heavy atom. The Hall–Kier alpha value is -2.02. The second-order valence-electron chi connectivity index (χ2n) is 5.01. The van der Waals surface area contributed by atoms with Crippen molar-refractivity contribution in [2.24, 2.45) is 0 Å². The van der Waals surface area contributed by atoms with Crippen molar-refractivity contribution in [3.8, 4) is 11.5 Å². The van der Waals surface area contributed by atoms with Crippen molar-refractivity contribution >= 4 is 34.2 Å². The fourth-order valence-corrected chi connectivity index (χ4v) is 3.07. The van der Waals surface area contributed by atoms with Gasteiger partial charge in [0.05, 0.1) is 16.7 Å². The number of hydrogen-bond acceptors (Lipinski definition) is 3. The number of methoxy groups -OCH3 is 1. The number of anilines is 1. The molecule has 5 heteroatoms. The maximum absolute atomic E-state index is 12.2. The van der Waals surface area contributed by atoms with Gasteiger partial charge < -0.3 is 9.84 Å². The predicted octanol–water partition coefficient (Wildman–Crippen LogP) is 3.65. The number of phenolic OH excluding ortho intramolecular Hbond substituents is 1. The number of carbonyl (C=O) groups excluding carboxylic acids is 1. The summed E-state index contributed by atoms with van der Waals surface area (Å²) < 4.78 is 5.89. The van der Waals surface area contributed by atoms with Crippen molar-refractivity contribution in [2.45, 2.75) is 6.04 Å². The molecule has 112 valence electrons. The van der Waals surface area contributed by atoms with Gasteiger partial charge in [0, 0.05) is 11.3 Å². The zero-order valence-corrected chi connectivity index (χ0v) is 14.1. The van der Waals surface area contributed by atoms with E-state index in [2.05, 4.69) is 29.2 Å². The monoisotopic (exact) mass is 407 g/mol. The fraction of sp³-hybridized carbons (Fsp3) is 0.118. The van der Waals surface area contributed by atoms with Crippen molar-refractivity contribution in [3.05, 3.63) is 63.8 Å². The lowest BCUT2D eigenvalue weighted by molar-refractivity contribution is -0.118. The van der Waals surface area contributed by atoms with Gasteiger partial charge in [-0.1, -0.05) is 12.6 Å². The molecule has 0 aromatic heterocycles. The first-order valence-electron chi connectivity index (χ1n) is 6.67. The van der Waals surface area contributed by atoms with Gasteiger partial charge in [-0.25, -0.2) is 0 Å². The topological polar surface area (TPSA) is 49.8 Å². The highest BCUT2D eigenvalue weighted by molar-refractivity contribution is 14.1. The molecule has 0 bridgehead atoms. The van der Waals surface area contributed by atoms with Crippen LogP contribution in [-0.4, -0.2) is 18.1 Å². The first kappa shape index (κ1) is 14.9. The molecule has 1 aliphatic heterocycles. The van der Waals surface area contributed by atoms with E-state index in [4.69, 9.17) is 4.74 Å². The molecule has 22 heavy (non-hydrogen) atoms. The smallest absolute Gasteiger partial charge is 0.256 e. The number of halogens is 1. The summed E-state index contributed by atoms with van der Waals surface area (Å²) in [5.74, 6) is 0.890. The Labute approximate surface area is 142 Å². The number of carbonyl (C=O) groups is 1. The van der Waals surface area contributed by atoms with Crippen LogP contribution in [0.5, 0.6) is 11.5 Å². The van der Waals surface area contributed by atoms with E-state index in [1.165, 1.54) is 0 Å². The Balaban J connectivity index is 1.96. The third-order valence-electron chi connectivity index (χ3n) is 3.72. The third-order valence-corrected chi connectivity index (χ3v) is 4.58. The van der Waals surface area contributed by atoms with Crippen LogP contribution in [0.4, 0.5) is 5.69 Å². The maximum Gasteiger partial charge on any atom is 0.256 e. The number of benzene rings is 2. The number of rotatable bonds is 3. The summed E-state index contributed by atoms with van der Waals surface area (Å²) in [5, 5.41) is 9.65. The zero-order valence-electron chi connectivity index (χ0n) is 11.9. The Morgan fingerprint density at radius 1 is 1.23 bits per heavy atom. The van der Waals surface area contributed by atoms with Gasteiger partial charge >= 0.3 is 0 Å². The van der Waals surface area contributed by atoms with E-state index in [-0.39, 0.29) is 17.7 Å². The molecule has 3 rings (SSSR count). The van der Waals surface area contributed by atoms with Crippen molar-refractivity contribution in [3.63, 3.8) is 0 Å². The van der Waals surface area contributed by atoms with Gasteiger partial charge in [0.15, 0.2) is 0 Å². The van der Waals surface area contributed by atoms with Crippen molar-refractivity contribution in [2.75, 3.05) is 12.0 Å². The van der Waals surface area contributed by atoms with Crippen LogP contribution in [0, 0.1) is 3.57 Å². The molecule has 0 saturated carbocycles. The van der Waals surface area contributed by atoms with Gasteiger partial charge in [-0.3, -0.25) is 9.69 Å². The molecule has 1 heterocycles. The molecule has 0 aliphatic carbocycles. The number of aromatic hydroxyl groups is 1. The number of hydrogen-bond donors (Lipinski definition) is 1. The number of ether oxygens (including phenoxy) is 1. The highest BCUT2D eigenvalue weighted by Gasteiger charge is 2.42. The van der Waals surface area contributed by atoms with Crippen LogP contribution in [0.1, 0.15) is 11.6 Å². The van der Waals surface area contributed by atoms with Crippen molar-refractivity contribution in [1.82, 2.24) is 0 Å². The van der Waals surface area contributed by atoms with Gasteiger partial charge in [-0.15, -0.1) is 0 Å². The highest BCUT2D eigenvalue weighted by Crippen LogP contribution is 2.43. The van der Waals surface area contributed by atoms with Crippen LogP contribution in [-0.2, 0) is 4.79 Å². The largest absolute Gasteiger partial charge is 0.507 e. The first-order chi connectivity index (χ1) is 10.5. The SMILES string of the molecule is C=C1C(=O)N(c2ccc(OC)cc2)[C@@H]1c1ccc(O)c(I)c1. The van der Waals surface area contributed by atoms with Crippen LogP contribution >= 0.6 is 22.6 Å². The van der Waals surface area contributed by atoms with Crippen LogP contribution in [0.2, 0.25) is 0 Å². The second kappa shape index (κ2) is 5.64. The maximum atomic E-state index is 12.2. The number of β-lactam (4-membered cyclic amide) rings is 1. The molecule has 1 atom stereocenters. The number of nitrogens with zero attached hydrogens (tertiary/aromatic N) is 1. The standard InChI is InChI=1S/C17H14INO3/c1-10-16(11-3-8-15(20)14(18)9-11)19(17(10)21)12-4-6-13(22-2)7-5-12/h3-9,16,20H,1H2,2H3/t16-/m0/s1. The van der Waals surface area contributed by atoms with E-state index in [1.54, 1.807) is 18.1 Å². The highest BCUT2D eigenvalue weighted by atomic mass is 127. The van der Waals surface area contributed by atoms with Gasteiger partial charge in [0.2, 0.25) is 0 Å². The predicted molar refractivity (Wildman–Crippen MR) is 93.2 cm³/mol. The quantitative estimate of drug-likeness (QED) is 0.480. The molecule has 1 fully saturated rings. The Kier molecular flexibility index (Phi) is 3.82. The molecule has 1 saturated heterocycles. The Bertz CT molecular complexity index is 755. The average molecular weight is 407 g/mol. The summed E-state index contributed by atoms with van der Waals surface area (Å²) in [6, 6.07) is 12.5. The van der Waals surface area contributed by atoms with Crippen LogP contribution in [0.25, 0.3) is 0 Å². The van der Waals surface area contributed by atoms with E-state index in [9.17, 15) is 9.90 Å². The molecular weight excluding hydrogens is 393 g/mol. The minimum atomic E-state index is -0.199. The summed E-state index contributed by atoms with van der Waals surface area (Å²) in [5.41, 5.74) is 2.28. The van der Waals surface area contributed by atoms with E-state index >= 15 is 0 Å². The van der Waals surface area contributed by atoms with E-state index < -0.39 is 0 Å². The van der Waals surface area contributed by atoms with E-state index in [0.717, 1.165) is 20.6 Å². The molecule has 0 radical (unpaired) electrons. The zero-order chi connectivity index (χ0) is 15.9. The molecule has 0 unspecified atom stereocenters. The van der Waals surface area contributed by atoms with Gasteiger partial charge in [0.1, 0.15) is 11.5 Å². The molecule has 1 N–H and O–H groups in total. The van der Waals surface area contributed by atoms with Gasteiger partial charge in [0.25, 0.3) is 5.91 Å². The van der Waals surface area contributed by atoms with Crippen LogP contribution in [0.3, 0.4) is 0 Å². The van der Waals surface area contributed by atoms with Crippen LogP contribution in [0.15, 0.2) is 54.6 Å². The minimum absolute atomic E-state index is 0.0850. The molecule has 1 amide bonds. The van der Waals surface area contributed by atoms with Gasteiger partial charge in [-0.2, -0.15) is 0 Å². The van der Waals surface area contributed by atoms with E-state index in [0.29, 0.717) is 5.57 Å². The van der Waals surface area contributed by atoms with Crippen molar-refractivity contribution < 1.29 is 14.6 Å². The fourth-order valence-electron chi connectivity index (χ4n) is 2.53. The lowest BCUT2D eigenvalue weighted by Gasteiger charge is -2.42. The molecule has 0 spiro atoms. The Morgan fingerprint density at radius 2 is 1.91 bits per heavy atom. The summed E-state index contributed by atoms with van der Waals surface area (Å²) in [6.45, 7) is 3.88. The summed E-state index contributed by atoms with van der Waals surface area (Å²) in [6.07, 6.45) is 0. The normalized spacial score (nSPS) is 17.4. The lowest BCUT2D eigenvalue weighted by atomic mass is 9.88.